The molecule has 0 aliphatic heterocycles. The minimum atomic E-state index is -0.943. The quantitative estimate of drug-likeness (QED) is 0.881. The van der Waals surface area contributed by atoms with E-state index < -0.39 is 5.97 Å². The SMILES string of the molecule is Cc1cccc(-c2nc(CC(=O)O)oc2C)c1. The van der Waals surface area contributed by atoms with Gasteiger partial charge >= 0.3 is 5.97 Å². The maximum Gasteiger partial charge on any atom is 0.312 e. The van der Waals surface area contributed by atoms with Crippen molar-refractivity contribution in [1.82, 2.24) is 4.98 Å². The Hall–Kier alpha value is -2.10. The number of benzene rings is 1. The Morgan fingerprint density at radius 2 is 2.18 bits per heavy atom. The number of nitrogens with zero attached hydrogens (tertiary/aromatic N) is 1. The Bertz CT molecular complexity index is 558. The number of rotatable bonds is 3. The molecular formula is C13H13NO3. The van der Waals surface area contributed by atoms with E-state index in [4.69, 9.17) is 9.52 Å². The molecule has 4 heteroatoms. The van der Waals surface area contributed by atoms with E-state index in [9.17, 15) is 4.79 Å². The summed E-state index contributed by atoms with van der Waals surface area (Å²) >= 11 is 0. The van der Waals surface area contributed by atoms with E-state index in [0.29, 0.717) is 11.5 Å². The standard InChI is InChI=1S/C13H13NO3/c1-8-4-3-5-10(6-8)13-9(2)17-11(14-13)7-12(15)16/h3-6H,7H2,1-2H3,(H,15,16). The predicted molar refractivity (Wildman–Crippen MR) is 62.8 cm³/mol. The van der Waals surface area contributed by atoms with Crippen molar-refractivity contribution in [2.75, 3.05) is 0 Å². The zero-order valence-electron chi connectivity index (χ0n) is 9.73. The lowest BCUT2D eigenvalue weighted by molar-refractivity contribution is -0.136. The number of aliphatic carboxylic acids is 1. The molecule has 1 N–H and O–H groups in total. The van der Waals surface area contributed by atoms with Crippen LogP contribution < -0.4 is 0 Å². The highest BCUT2D eigenvalue weighted by atomic mass is 16.4. The zero-order chi connectivity index (χ0) is 12.4. The summed E-state index contributed by atoms with van der Waals surface area (Å²) in [5.74, 6) is -0.0552. The number of hydrogen-bond acceptors (Lipinski definition) is 3. The molecule has 17 heavy (non-hydrogen) atoms. The van der Waals surface area contributed by atoms with Gasteiger partial charge in [0.25, 0.3) is 0 Å². The second kappa shape index (κ2) is 4.41. The van der Waals surface area contributed by atoms with Crippen molar-refractivity contribution < 1.29 is 14.3 Å². The first-order chi connectivity index (χ1) is 8.06. The van der Waals surface area contributed by atoms with E-state index in [-0.39, 0.29) is 12.3 Å². The molecule has 0 saturated heterocycles. The molecule has 0 spiro atoms. The van der Waals surface area contributed by atoms with Gasteiger partial charge in [0.2, 0.25) is 5.89 Å². The molecule has 2 rings (SSSR count). The fourth-order valence-corrected chi connectivity index (χ4v) is 1.72. The molecule has 1 aromatic heterocycles. The summed E-state index contributed by atoms with van der Waals surface area (Å²) in [6, 6.07) is 7.87. The lowest BCUT2D eigenvalue weighted by Crippen LogP contribution is -1.99. The number of oxazole rings is 1. The minimum Gasteiger partial charge on any atom is -0.481 e. The first-order valence-electron chi connectivity index (χ1n) is 5.31. The minimum absolute atomic E-state index is 0.188. The van der Waals surface area contributed by atoms with Crippen LogP contribution in [-0.2, 0) is 11.2 Å². The fraction of sp³-hybridized carbons (Fsp3) is 0.231. The van der Waals surface area contributed by atoms with Crippen LogP contribution in [0.2, 0.25) is 0 Å². The van der Waals surface area contributed by atoms with Crippen LogP contribution in [0.5, 0.6) is 0 Å². The van der Waals surface area contributed by atoms with Crippen LogP contribution in [0.3, 0.4) is 0 Å². The molecule has 0 saturated carbocycles. The van der Waals surface area contributed by atoms with E-state index in [1.807, 2.05) is 31.2 Å². The molecule has 1 aromatic carbocycles. The largest absolute Gasteiger partial charge is 0.481 e. The molecule has 0 aliphatic rings. The highest BCUT2D eigenvalue weighted by molar-refractivity contribution is 5.69. The van der Waals surface area contributed by atoms with Gasteiger partial charge in [-0.05, 0) is 19.9 Å². The number of carboxylic acid groups (broad SMARTS) is 1. The molecule has 0 fully saturated rings. The van der Waals surface area contributed by atoms with Crippen molar-refractivity contribution in [1.29, 1.82) is 0 Å². The normalized spacial score (nSPS) is 10.5. The Morgan fingerprint density at radius 3 is 2.82 bits per heavy atom. The van der Waals surface area contributed by atoms with Gasteiger partial charge in [-0.1, -0.05) is 23.8 Å². The highest BCUT2D eigenvalue weighted by Gasteiger charge is 2.13. The molecule has 0 unspecified atom stereocenters. The van der Waals surface area contributed by atoms with Gasteiger partial charge < -0.3 is 9.52 Å². The summed E-state index contributed by atoms with van der Waals surface area (Å²) in [7, 11) is 0. The Labute approximate surface area is 98.9 Å². The molecule has 1 heterocycles. The smallest absolute Gasteiger partial charge is 0.312 e. The third-order valence-corrected chi connectivity index (χ3v) is 2.43. The monoisotopic (exact) mass is 231 g/mol. The summed E-state index contributed by atoms with van der Waals surface area (Å²) < 4.78 is 5.33. The highest BCUT2D eigenvalue weighted by Crippen LogP contribution is 2.24. The second-order valence-electron chi connectivity index (χ2n) is 3.95. The molecular weight excluding hydrogens is 218 g/mol. The first kappa shape index (κ1) is 11.4. The van der Waals surface area contributed by atoms with Gasteiger partial charge in [-0.15, -0.1) is 0 Å². The molecule has 4 nitrogen and oxygen atoms in total. The average molecular weight is 231 g/mol. The molecule has 0 aliphatic carbocycles. The van der Waals surface area contributed by atoms with E-state index in [2.05, 4.69) is 4.98 Å². The predicted octanol–water partition coefficient (Wildman–Crippen LogP) is 2.59. The number of aromatic nitrogens is 1. The van der Waals surface area contributed by atoms with Gasteiger partial charge in [-0.3, -0.25) is 4.79 Å². The second-order valence-corrected chi connectivity index (χ2v) is 3.95. The lowest BCUT2D eigenvalue weighted by Gasteiger charge is -1.98. The Morgan fingerprint density at radius 1 is 1.41 bits per heavy atom. The average Bonchev–Trinajstić information content (AvgIpc) is 2.58. The number of aryl methyl sites for hydroxylation is 2. The summed E-state index contributed by atoms with van der Waals surface area (Å²) in [4.78, 5) is 14.8. The molecule has 0 radical (unpaired) electrons. The molecule has 2 aromatic rings. The third-order valence-electron chi connectivity index (χ3n) is 2.43. The zero-order valence-corrected chi connectivity index (χ0v) is 9.73. The number of carbonyl (C=O) groups is 1. The van der Waals surface area contributed by atoms with E-state index >= 15 is 0 Å². The number of carboxylic acids is 1. The van der Waals surface area contributed by atoms with Crippen molar-refractivity contribution in [2.24, 2.45) is 0 Å². The summed E-state index contributed by atoms with van der Waals surface area (Å²) in [6.45, 7) is 3.78. The van der Waals surface area contributed by atoms with Crippen LogP contribution in [0.25, 0.3) is 11.3 Å². The first-order valence-corrected chi connectivity index (χ1v) is 5.31. The van der Waals surface area contributed by atoms with Gasteiger partial charge in [-0.25, -0.2) is 4.98 Å². The summed E-state index contributed by atoms with van der Waals surface area (Å²) in [6.07, 6.45) is -0.188. The number of hydrogen-bond donors (Lipinski definition) is 1. The Balaban J connectivity index is 2.39. The maximum atomic E-state index is 10.6. The van der Waals surface area contributed by atoms with Gasteiger partial charge in [0, 0.05) is 5.56 Å². The van der Waals surface area contributed by atoms with Gasteiger partial charge in [0.15, 0.2) is 0 Å². The summed E-state index contributed by atoms with van der Waals surface area (Å²) in [5, 5.41) is 8.68. The van der Waals surface area contributed by atoms with Crippen LogP contribution in [-0.4, -0.2) is 16.1 Å². The van der Waals surface area contributed by atoms with Gasteiger partial charge in [-0.2, -0.15) is 0 Å². The van der Waals surface area contributed by atoms with Crippen molar-refractivity contribution >= 4 is 5.97 Å². The topological polar surface area (TPSA) is 63.3 Å². The van der Waals surface area contributed by atoms with E-state index in [0.717, 1.165) is 11.1 Å². The van der Waals surface area contributed by atoms with Gasteiger partial charge in [0.1, 0.15) is 17.9 Å². The van der Waals surface area contributed by atoms with Crippen LogP contribution >= 0.6 is 0 Å². The molecule has 0 bridgehead atoms. The van der Waals surface area contributed by atoms with Crippen LogP contribution in [0.1, 0.15) is 17.2 Å². The van der Waals surface area contributed by atoms with E-state index in [1.54, 1.807) is 6.92 Å². The molecule has 0 amide bonds. The summed E-state index contributed by atoms with van der Waals surface area (Å²) in [5.41, 5.74) is 2.79. The third kappa shape index (κ3) is 2.53. The van der Waals surface area contributed by atoms with Crippen LogP contribution in [0, 0.1) is 13.8 Å². The molecule has 0 atom stereocenters. The fourth-order valence-electron chi connectivity index (χ4n) is 1.72. The lowest BCUT2D eigenvalue weighted by atomic mass is 10.1. The maximum absolute atomic E-state index is 10.6. The van der Waals surface area contributed by atoms with Crippen molar-refractivity contribution in [3.05, 3.63) is 41.5 Å². The van der Waals surface area contributed by atoms with Crippen LogP contribution in [0.4, 0.5) is 0 Å². The van der Waals surface area contributed by atoms with Crippen molar-refractivity contribution in [2.45, 2.75) is 20.3 Å². The molecule has 88 valence electrons. The van der Waals surface area contributed by atoms with E-state index in [1.165, 1.54) is 0 Å². The van der Waals surface area contributed by atoms with Crippen molar-refractivity contribution in [3.8, 4) is 11.3 Å². The van der Waals surface area contributed by atoms with Crippen LogP contribution in [0.15, 0.2) is 28.7 Å². The van der Waals surface area contributed by atoms with Gasteiger partial charge in [0.05, 0.1) is 0 Å². The van der Waals surface area contributed by atoms with Crippen molar-refractivity contribution in [3.63, 3.8) is 0 Å². The Kier molecular flexibility index (Phi) is 2.95.